The maximum Gasteiger partial charge on any atom is 0.0312 e. The van der Waals surface area contributed by atoms with Crippen LogP contribution < -0.4 is 5.32 Å². The summed E-state index contributed by atoms with van der Waals surface area (Å²) in [4.78, 5) is 4.07. The van der Waals surface area contributed by atoms with E-state index in [2.05, 4.69) is 22.6 Å². The number of unbranched alkanes of at least 4 members (excludes halogenated alkanes) is 1. The first-order valence-corrected chi connectivity index (χ1v) is 6.41. The lowest BCUT2D eigenvalue weighted by Gasteiger charge is -2.03. The van der Waals surface area contributed by atoms with Gasteiger partial charge < -0.3 is 5.32 Å². The van der Waals surface area contributed by atoms with Gasteiger partial charge in [-0.25, -0.2) is 0 Å². The first-order valence-electron chi connectivity index (χ1n) is 5.02. The van der Waals surface area contributed by atoms with Gasteiger partial charge in [-0.3, -0.25) is 4.98 Å². The third-order valence-corrected chi connectivity index (χ3v) is 2.70. The minimum atomic E-state index is 0.938. The number of hydrogen-bond donors (Lipinski definition) is 1. The molecule has 14 heavy (non-hydrogen) atoms. The molecule has 0 spiro atoms. The third-order valence-electron chi connectivity index (χ3n) is 2.00. The molecule has 0 unspecified atom stereocenters. The molecule has 0 aliphatic rings. The molecule has 1 aromatic heterocycles. The largest absolute Gasteiger partial charge is 0.313 e. The topological polar surface area (TPSA) is 24.9 Å². The predicted molar refractivity (Wildman–Crippen MR) is 63.6 cm³/mol. The maximum atomic E-state index is 4.07. The fourth-order valence-corrected chi connectivity index (χ4v) is 1.72. The van der Waals surface area contributed by atoms with Gasteiger partial charge in [-0.05, 0) is 43.0 Å². The molecule has 0 saturated heterocycles. The Hall–Kier alpha value is -0.540. The van der Waals surface area contributed by atoms with Crippen LogP contribution >= 0.6 is 11.8 Å². The fraction of sp³-hybridized carbons (Fsp3) is 0.545. The van der Waals surface area contributed by atoms with Gasteiger partial charge in [0.2, 0.25) is 0 Å². The van der Waals surface area contributed by atoms with Crippen molar-refractivity contribution in [1.82, 2.24) is 10.3 Å². The second kappa shape index (κ2) is 7.83. The van der Waals surface area contributed by atoms with Crippen molar-refractivity contribution in [2.75, 3.05) is 18.6 Å². The highest BCUT2D eigenvalue weighted by Crippen LogP contribution is 1.99. The zero-order valence-corrected chi connectivity index (χ0v) is 9.52. The molecular formula is C11H18N2S. The Morgan fingerprint density at radius 1 is 1.43 bits per heavy atom. The van der Waals surface area contributed by atoms with Crippen molar-refractivity contribution in [3.8, 4) is 0 Å². The normalized spacial score (nSPS) is 10.4. The molecule has 0 saturated carbocycles. The number of aromatic nitrogens is 1. The van der Waals surface area contributed by atoms with E-state index < -0.39 is 0 Å². The molecular weight excluding hydrogens is 192 g/mol. The SMILES string of the molecule is CSCCCCNCc1cccnc1. The highest BCUT2D eigenvalue weighted by atomic mass is 32.2. The Balaban J connectivity index is 1.99. The van der Waals surface area contributed by atoms with E-state index in [-0.39, 0.29) is 0 Å². The molecule has 1 heterocycles. The monoisotopic (exact) mass is 210 g/mol. The molecule has 0 radical (unpaired) electrons. The van der Waals surface area contributed by atoms with E-state index in [1.807, 2.05) is 30.2 Å². The first kappa shape index (κ1) is 11.5. The summed E-state index contributed by atoms with van der Waals surface area (Å²) in [6, 6.07) is 4.08. The zero-order chi connectivity index (χ0) is 10.1. The molecule has 78 valence electrons. The van der Waals surface area contributed by atoms with Crippen molar-refractivity contribution >= 4 is 11.8 Å². The van der Waals surface area contributed by atoms with Gasteiger partial charge in [0.1, 0.15) is 0 Å². The van der Waals surface area contributed by atoms with E-state index >= 15 is 0 Å². The number of hydrogen-bond acceptors (Lipinski definition) is 3. The van der Waals surface area contributed by atoms with Crippen LogP contribution in [0.2, 0.25) is 0 Å². The Morgan fingerprint density at radius 2 is 2.36 bits per heavy atom. The van der Waals surface area contributed by atoms with Gasteiger partial charge >= 0.3 is 0 Å². The van der Waals surface area contributed by atoms with E-state index in [1.54, 1.807) is 0 Å². The summed E-state index contributed by atoms with van der Waals surface area (Å²) >= 11 is 1.92. The number of nitrogens with one attached hydrogen (secondary N) is 1. The summed E-state index contributed by atoms with van der Waals surface area (Å²) in [5, 5.41) is 3.41. The molecule has 0 aliphatic carbocycles. The Bertz CT molecular complexity index is 226. The minimum Gasteiger partial charge on any atom is -0.313 e. The predicted octanol–water partition coefficient (Wildman–Crippen LogP) is 2.31. The molecule has 2 nitrogen and oxygen atoms in total. The third kappa shape index (κ3) is 5.25. The van der Waals surface area contributed by atoms with Gasteiger partial charge in [-0.1, -0.05) is 6.07 Å². The standard InChI is InChI=1S/C11H18N2S/c1-14-8-3-2-6-12-9-11-5-4-7-13-10-11/h4-5,7,10,12H,2-3,6,8-9H2,1H3. The maximum absolute atomic E-state index is 4.07. The molecule has 1 N–H and O–H groups in total. The van der Waals surface area contributed by atoms with Gasteiger partial charge in [0.15, 0.2) is 0 Å². The Morgan fingerprint density at radius 3 is 3.07 bits per heavy atom. The van der Waals surface area contributed by atoms with E-state index in [9.17, 15) is 0 Å². The average molecular weight is 210 g/mol. The van der Waals surface area contributed by atoms with Gasteiger partial charge in [0.25, 0.3) is 0 Å². The summed E-state index contributed by atoms with van der Waals surface area (Å²) < 4.78 is 0. The molecule has 3 heteroatoms. The molecule has 0 fully saturated rings. The van der Waals surface area contributed by atoms with Gasteiger partial charge in [0.05, 0.1) is 0 Å². The smallest absolute Gasteiger partial charge is 0.0312 e. The van der Waals surface area contributed by atoms with Crippen LogP contribution in [0.5, 0.6) is 0 Å². The Kier molecular flexibility index (Phi) is 6.45. The summed E-state index contributed by atoms with van der Waals surface area (Å²) in [7, 11) is 0. The van der Waals surface area contributed by atoms with Crippen LogP contribution in [0.4, 0.5) is 0 Å². The van der Waals surface area contributed by atoms with Crippen LogP contribution in [0.15, 0.2) is 24.5 Å². The average Bonchev–Trinajstić information content (AvgIpc) is 2.25. The lowest BCUT2D eigenvalue weighted by molar-refractivity contribution is 0.643. The molecule has 0 amide bonds. The summed E-state index contributed by atoms with van der Waals surface area (Å²) in [5.41, 5.74) is 1.26. The van der Waals surface area contributed by atoms with Crippen LogP contribution in [0.3, 0.4) is 0 Å². The lowest BCUT2D eigenvalue weighted by atomic mass is 10.3. The van der Waals surface area contributed by atoms with Crippen LogP contribution in [-0.4, -0.2) is 23.5 Å². The number of rotatable bonds is 7. The summed E-state index contributed by atoms with van der Waals surface area (Å²) in [5.74, 6) is 1.27. The molecule has 0 aliphatic heterocycles. The molecule has 0 aromatic carbocycles. The number of pyridine rings is 1. The van der Waals surface area contributed by atoms with Crippen molar-refractivity contribution in [1.29, 1.82) is 0 Å². The van der Waals surface area contributed by atoms with E-state index in [1.165, 1.54) is 24.2 Å². The molecule has 0 bridgehead atoms. The van der Waals surface area contributed by atoms with Crippen LogP contribution in [0.25, 0.3) is 0 Å². The first-order chi connectivity index (χ1) is 6.93. The van der Waals surface area contributed by atoms with Gasteiger partial charge in [-0.15, -0.1) is 0 Å². The molecule has 0 atom stereocenters. The van der Waals surface area contributed by atoms with Crippen LogP contribution in [-0.2, 0) is 6.54 Å². The highest BCUT2D eigenvalue weighted by molar-refractivity contribution is 7.98. The van der Waals surface area contributed by atoms with Crippen molar-refractivity contribution in [3.63, 3.8) is 0 Å². The van der Waals surface area contributed by atoms with Crippen molar-refractivity contribution in [2.45, 2.75) is 19.4 Å². The van der Waals surface area contributed by atoms with Crippen molar-refractivity contribution < 1.29 is 0 Å². The Labute approximate surface area is 90.5 Å². The quantitative estimate of drug-likeness (QED) is 0.699. The zero-order valence-electron chi connectivity index (χ0n) is 8.70. The second-order valence-corrected chi connectivity index (χ2v) is 4.22. The fourth-order valence-electron chi connectivity index (χ4n) is 1.23. The molecule has 1 aromatic rings. The minimum absolute atomic E-state index is 0.938. The van der Waals surface area contributed by atoms with E-state index in [0.29, 0.717) is 0 Å². The second-order valence-electron chi connectivity index (χ2n) is 3.24. The summed E-state index contributed by atoms with van der Waals surface area (Å²) in [6.45, 7) is 2.04. The van der Waals surface area contributed by atoms with Crippen LogP contribution in [0.1, 0.15) is 18.4 Å². The molecule has 1 rings (SSSR count). The number of thioether (sulfide) groups is 1. The van der Waals surface area contributed by atoms with Crippen LogP contribution in [0, 0.1) is 0 Å². The summed E-state index contributed by atoms with van der Waals surface area (Å²) in [6.07, 6.45) is 8.45. The lowest BCUT2D eigenvalue weighted by Crippen LogP contribution is -2.14. The van der Waals surface area contributed by atoms with Gasteiger partial charge in [0, 0.05) is 18.9 Å². The van der Waals surface area contributed by atoms with Crippen molar-refractivity contribution in [3.05, 3.63) is 30.1 Å². The van der Waals surface area contributed by atoms with E-state index in [4.69, 9.17) is 0 Å². The van der Waals surface area contributed by atoms with Gasteiger partial charge in [-0.2, -0.15) is 11.8 Å². The van der Waals surface area contributed by atoms with E-state index in [0.717, 1.165) is 13.1 Å². The van der Waals surface area contributed by atoms with Crippen molar-refractivity contribution in [2.24, 2.45) is 0 Å². The highest BCUT2D eigenvalue weighted by Gasteiger charge is 1.91. The number of nitrogens with zero attached hydrogens (tertiary/aromatic N) is 1.